The molecule has 0 fully saturated rings. The summed E-state index contributed by atoms with van der Waals surface area (Å²) in [6.45, 7) is 2.06. The van der Waals surface area contributed by atoms with Crippen molar-refractivity contribution in [2.45, 2.75) is 6.92 Å². The van der Waals surface area contributed by atoms with E-state index in [2.05, 4.69) is 4.98 Å². The Balaban J connectivity index is 2.20. The molecule has 2 N–H and O–H groups in total. The SMILES string of the molecule is CCOC(=O)c1c(N)c(-c2cccnc2)cn1-c1ccccc1. The normalized spacial score (nSPS) is 10.5. The molecule has 0 unspecified atom stereocenters. The molecule has 0 bridgehead atoms. The van der Waals surface area contributed by atoms with E-state index in [1.54, 1.807) is 23.9 Å². The number of nitrogens with zero attached hydrogens (tertiary/aromatic N) is 2. The molecule has 0 saturated heterocycles. The molecule has 2 aromatic heterocycles. The molecule has 2 heterocycles. The molecule has 0 amide bonds. The van der Waals surface area contributed by atoms with E-state index in [0.29, 0.717) is 18.0 Å². The maximum absolute atomic E-state index is 12.4. The summed E-state index contributed by atoms with van der Waals surface area (Å²) in [6, 6.07) is 13.3. The molecule has 5 nitrogen and oxygen atoms in total. The molecule has 0 atom stereocenters. The number of aromatic nitrogens is 2. The van der Waals surface area contributed by atoms with Crippen LogP contribution in [-0.2, 0) is 4.74 Å². The van der Waals surface area contributed by atoms with E-state index in [4.69, 9.17) is 10.5 Å². The number of benzene rings is 1. The Morgan fingerprint density at radius 3 is 2.65 bits per heavy atom. The van der Waals surface area contributed by atoms with Crippen molar-refractivity contribution in [1.82, 2.24) is 9.55 Å². The number of ether oxygens (including phenoxy) is 1. The molecule has 0 aliphatic rings. The fourth-order valence-electron chi connectivity index (χ4n) is 2.47. The van der Waals surface area contributed by atoms with Crippen LogP contribution in [0.1, 0.15) is 17.4 Å². The molecule has 0 saturated carbocycles. The van der Waals surface area contributed by atoms with Crippen molar-refractivity contribution >= 4 is 11.7 Å². The topological polar surface area (TPSA) is 70.1 Å². The number of nitrogen functional groups attached to an aromatic ring is 1. The summed E-state index contributed by atoms with van der Waals surface area (Å²) in [5.74, 6) is -0.441. The first-order valence-corrected chi connectivity index (χ1v) is 7.36. The van der Waals surface area contributed by atoms with Crippen LogP contribution in [0.15, 0.2) is 61.1 Å². The van der Waals surface area contributed by atoms with Crippen molar-refractivity contribution in [3.8, 4) is 16.8 Å². The summed E-state index contributed by atoms with van der Waals surface area (Å²) in [5.41, 5.74) is 9.43. The minimum absolute atomic E-state index is 0.292. The van der Waals surface area contributed by atoms with E-state index < -0.39 is 5.97 Å². The Labute approximate surface area is 134 Å². The lowest BCUT2D eigenvalue weighted by molar-refractivity contribution is 0.0518. The van der Waals surface area contributed by atoms with E-state index in [1.807, 2.05) is 48.7 Å². The third kappa shape index (κ3) is 2.81. The first kappa shape index (κ1) is 14.8. The fraction of sp³-hybridized carbons (Fsp3) is 0.111. The van der Waals surface area contributed by atoms with Gasteiger partial charge in [-0.1, -0.05) is 24.3 Å². The summed E-state index contributed by atoms with van der Waals surface area (Å²) in [7, 11) is 0. The van der Waals surface area contributed by atoms with Crippen LogP contribution in [0.2, 0.25) is 0 Å². The number of esters is 1. The van der Waals surface area contributed by atoms with Gasteiger partial charge in [-0.25, -0.2) is 4.79 Å². The van der Waals surface area contributed by atoms with Crippen molar-refractivity contribution in [3.63, 3.8) is 0 Å². The summed E-state index contributed by atoms with van der Waals surface area (Å²) >= 11 is 0. The summed E-state index contributed by atoms with van der Waals surface area (Å²) < 4.78 is 6.92. The zero-order valence-corrected chi connectivity index (χ0v) is 12.8. The second-order valence-corrected chi connectivity index (χ2v) is 4.97. The van der Waals surface area contributed by atoms with Crippen LogP contribution >= 0.6 is 0 Å². The van der Waals surface area contributed by atoms with Crippen LogP contribution in [0, 0.1) is 0 Å². The van der Waals surface area contributed by atoms with Gasteiger partial charge in [-0.15, -0.1) is 0 Å². The molecule has 0 aliphatic carbocycles. The lowest BCUT2D eigenvalue weighted by atomic mass is 10.1. The van der Waals surface area contributed by atoms with Crippen LogP contribution in [0.5, 0.6) is 0 Å². The molecule has 23 heavy (non-hydrogen) atoms. The van der Waals surface area contributed by atoms with Crippen LogP contribution in [0.3, 0.4) is 0 Å². The van der Waals surface area contributed by atoms with E-state index in [1.165, 1.54) is 0 Å². The summed E-state index contributed by atoms with van der Waals surface area (Å²) in [4.78, 5) is 16.5. The molecule has 5 heteroatoms. The lowest BCUT2D eigenvalue weighted by Crippen LogP contribution is -2.12. The van der Waals surface area contributed by atoms with E-state index >= 15 is 0 Å². The van der Waals surface area contributed by atoms with Gasteiger partial charge in [0, 0.05) is 35.4 Å². The first-order chi connectivity index (χ1) is 11.2. The highest BCUT2D eigenvalue weighted by atomic mass is 16.5. The minimum atomic E-state index is -0.441. The molecular formula is C18H17N3O2. The Morgan fingerprint density at radius 2 is 2.00 bits per heavy atom. The van der Waals surface area contributed by atoms with Crippen LogP contribution in [0.4, 0.5) is 5.69 Å². The maximum Gasteiger partial charge on any atom is 0.357 e. The molecule has 0 radical (unpaired) electrons. The van der Waals surface area contributed by atoms with Gasteiger partial charge in [-0.3, -0.25) is 4.98 Å². The van der Waals surface area contributed by atoms with Crippen molar-refractivity contribution in [2.75, 3.05) is 12.3 Å². The molecule has 3 rings (SSSR count). The van der Waals surface area contributed by atoms with Gasteiger partial charge in [0.15, 0.2) is 5.69 Å². The van der Waals surface area contributed by atoms with E-state index in [0.717, 1.165) is 16.8 Å². The third-order valence-corrected chi connectivity index (χ3v) is 3.52. The standard InChI is InChI=1S/C18H17N3O2/c1-2-23-18(22)17-16(19)15(13-7-6-10-20-11-13)12-21(17)14-8-4-3-5-9-14/h3-12H,2,19H2,1H3. The maximum atomic E-state index is 12.4. The number of pyridine rings is 1. The van der Waals surface area contributed by atoms with Gasteiger partial charge in [0.1, 0.15) is 0 Å². The quantitative estimate of drug-likeness (QED) is 0.751. The van der Waals surface area contributed by atoms with Gasteiger partial charge < -0.3 is 15.0 Å². The Bertz CT molecular complexity index is 811. The predicted octanol–water partition coefficient (Wildman–Crippen LogP) is 3.30. The summed E-state index contributed by atoms with van der Waals surface area (Å²) in [6.07, 6.45) is 5.25. The van der Waals surface area contributed by atoms with Gasteiger partial charge in [-0.05, 0) is 25.1 Å². The molecular weight excluding hydrogens is 290 g/mol. The predicted molar refractivity (Wildman–Crippen MR) is 89.4 cm³/mol. The molecule has 3 aromatic rings. The highest BCUT2D eigenvalue weighted by molar-refractivity contribution is 5.99. The Hall–Kier alpha value is -3.08. The highest BCUT2D eigenvalue weighted by Crippen LogP contribution is 2.32. The number of hydrogen-bond acceptors (Lipinski definition) is 4. The zero-order chi connectivity index (χ0) is 16.2. The second kappa shape index (κ2) is 6.36. The van der Waals surface area contributed by atoms with Gasteiger partial charge in [0.2, 0.25) is 0 Å². The lowest BCUT2D eigenvalue weighted by Gasteiger charge is -2.09. The number of rotatable bonds is 4. The number of anilines is 1. The van der Waals surface area contributed by atoms with Gasteiger partial charge in [-0.2, -0.15) is 0 Å². The molecule has 1 aromatic carbocycles. The molecule has 116 valence electrons. The van der Waals surface area contributed by atoms with Crippen molar-refractivity contribution in [1.29, 1.82) is 0 Å². The number of carbonyl (C=O) groups is 1. The fourth-order valence-corrected chi connectivity index (χ4v) is 2.47. The zero-order valence-electron chi connectivity index (χ0n) is 12.8. The van der Waals surface area contributed by atoms with Crippen molar-refractivity contribution < 1.29 is 9.53 Å². The average Bonchev–Trinajstić information content (AvgIpc) is 2.94. The largest absolute Gasteiger partial charge is 0.461 e. The second-order valence-electron chi connectivity index (χ2n) is 4.97. The van der Waals surface area contributed by atoms with Crippen LogP contribution < -0.4 is 5.73 Å². The van der Waals surface area contributed by atoms with Crippen LogP contribution in [0.25, 0.3) is 16.8 Å². The van der Waals surface area contributed by atoms with Crippen LogP contribution in [-0.4, -0.2) is 22.1 Å². The Kier molecular flexibility index (Phi) is 4.10. The van der Waals surface area contributed by atoms with E-state index in [9.17, 15) is 4.79 Å². The van der Waals surface area contributed by atoms with Crippen molar-refractivity contribution in [3.05, 3.63) is 66.7 Å². The van der Waals surface area contributed by atoms with Crippen molar-refractivity contribution in [2.24, 2.45) is 0 Å². The monoisotopic (exact) mass is 307 g/mol. The van der Waals surface area contributed by atoms with Gasteiger partial charge in [0.25, 0.3) is 0 Å². The number of carbonyl (C=O) groups excluding carboxylic acids is 1. The Morgan fingerprint density at radius 1 is 1.22 bits per heavy atom. The van der Waals surface area contributed by atoms with E-state index in [-0.39, 0.29) is 0 Å². The van der Waals surface area contributed by atoms with Gasteiger partial charge >= 0.3 is 5.97 Å². The number of hydrogen-bond donors (Lipinski definition) is 1. The average molecular weight is 307 g/mol. The third-order valence-electron chi connectivity index (χ3n) is 3.52. The number of para-hydroxylation sites is 1. The smallest absolute Gasteiger partial charge is 0.357 e. The molecule has 0 aliphatic heterocycles. The minimum Gasteiger partial charge on any atom is -0.461 e. The first-order valence-electron chi connectivity index (χ1n) is 7.36. The summed E-state index contributed by atoms with van der Waals surface area (Å²) in [5, 5.41) is 0. The van der Waals surface area contributed by atoms with Gasteiger partial charge in [0.05, 0.1) is 12.3 Å². The number of nitrogens with two attached hydrogens (primary N) is 1. The molecule has 0 spiro atoms. The highest BCUT2D eigenvalue weighted by Gasteiger charge is 2.22.